The molecule has 6 nitrogen and oxygen atoms in total. The van der Waals surface area contributed by atoms with Gasteiger partial charge in [0.15, 0.2) is 0 Å². The molecule has 2 aliphatic rings. The van der Waals surface area contributed by atoms with E-state index in [1.165, 1.54) is 4.90 Å². The van der Waals surface area contributed by atoms with Crippen LogP contribution < -0.4 is 5.32 Å². The molecule has 0 aromatic heterocycles. The molecule has 0 aromatic rings. The third kappa shape index (κ3) is 3.54. The maximum atomic E-state index is 12.2. The fraction of sp³-hybridized carbons (Fsp3) is 0.833. The summed E-state index contributed by atoms with van der Waals surface area (Å²) in [6.07, 6.45) is 2.91. The molecule has 2 rings (SSSR count). The SMILES string of the molecule is O=C(O)C1CSCCN1C(=O)NC1CCCCC1O. The molecule has 7 heteroatoms. The van der Waals surface area contributed by atoms with Crippen molar-refractivity contribution in [2.24, 2.45) is 0 Å². The predicted octanol–water partition coefficient (Wildman–Crippen LogP) is 0.501. The van der Waals surface area contributed by atoms with Gasteiger partial charge in [-0.2, -0.15) is 11.8 Å². The summed E-state index contributed by atoms with van der Waals surface area (Å²) in [6.45, 7) is 0.441. The second-order valence-corrected chi connectivity index (χ2v) is 6.18. The zero-order valence-electron chi connectivity index (χ0n) is 10.7. The zero-order valence-corrected chi connectivity index (χ0v) is 11.6. The van der Waals surface area contributed by atoms with Crippen molar-refractivity contribution in [1.29, 1.82) is 0 Å². The highest BCUT2D eigenvalue weighted by atomic mass is 32.2. The number of hydrogen-bond donors (Lipinski definition) is 3. The molecule has 2 amide bonds. The Bertz CT molecular complexity index is 353. The van der Waals surface area contributed by atoms with Crippen molar-refractivity contribution < 1.29 is 19.8 Å². The Morgan fingerprint density at radius 2 is 2.00 bits per heavy atom. The lowest BCUT2D eigenvalue weighted by atomic mass is 9.93. The molecule has 0 spiro atoms. The summed E-state index contributed by atoms with van der Waals surface area (Å²) in [6, 6.07) is -1.37. The highest BCUT2D eigenvalue weighted by molar-refractivity contribution is 7.99. The van der Waals surface area contributed by atoms with E-state index in [2.05, 4.69) is 5.32 Å². The van der Waals surface area contributed by atoms with Crippen LogP contribution in [0.5, 0.6) is 0 Å². The summed E-state index contributed by atoms with van der Waals surface area (Å²) in [4.78, 5) is 24.7. The van der Waals surface area contributed by atoms with Gasteiger partial charge in [0.25, 0.3) is 0 Å². The van der Waals surface area contributed by atoms with Crippen LogP contribution in [0.1, 0.15) is 25.7 Å². The molecule has 3 N–H and O–H groups in total. The van der Waals surface area contributed by atoms with Gasteiger partial charge < -0.3 is 20.4 Å². The second kappa shape index (κ2) is 6.47. The molecular formula is C12H20N2O4S. The quantitative estimate of drug-likeness (QED) is 0.688. The van der Waals surface area contributed by atoms with E-state index in [1.54, 1.807) is 11.8 Å². The Morgan fingerprint density at radius 1 is 1.26 bits per heavy atom. The summed E-state index contributed by atoms with van der Waals surface area (Å²) in [5.41, 5.74) is 0. The normalized spacial score (nSPS) is 31.8. The zero-order chi connectivity index (χ0) is 13.8. The predicted molar refractivity (Wildman–Crippen MR) is 72.2 cm³/mol. The van der Waals surface area contributed by atoms with Gasteiger partial charge in [-0.3, -0.25) is 0 Å². The van der Waals surface area contributed by atoms with Crippen LogP contribution in [-0.2, 0) is 4.79 Å². The van der Waals surface area contributed by atoms with Crippen molar-refractivity contribution in [2.75, 3.05) is 18.1 Å². The second-order valence-electron chi connectivity index (χ2n) is 5.03. The molecule has 1 saturated heterocycles. The van der Waals surface area contributed by atoms with E-state index in [0.29, 0.717) is 18.7 Å². The number of rotatable bonds is 2. The van der Waals surface area contributed by atoms with Gasteiger partial charge in [0.1, 0.15) is 6.04 Å². The van der Waals surface area contributed by atoms with Crippen LogP contribution in [0.3, 0.4) is 0 Å². The first-order chi connectivity index (χ1) is 9.09. The Hall–Kier alpha value is -0.950. The van der Waals surface area contributed by atoms with Crippen LogP contribution in [0, 0.1) is 0 Å². The molecular weight excluding hydrogens is 268 g/mol. The van der Waals surface area contributed by atoms with E-state index in [0.717, 1.165) is 25.0 Å². The number of carboxylic acid groups (broad SMARTS) is 1. The molecule has 0 aromatic carbocycles. The molecule has 1 aliphatic carbocycles. The number of nitrogens with one attached hydrogen (secondary N) is 1. The first kappa shape index (κ1) is 14.5. The maximum absolute atomic E-state index is 12.2. The molecule has 3 atom stereocenters. The van der Waals surface area contributed by atoms with E-state index < -0.39 is 18.1 Å². The largest absolute Gasteiger partial charge is 0.480 e. The number of carbonyl (C=O) groups excluding carboxylic acids is 1. The average Bonchev–Trinajstić information content (AvgIpc) is 2.41. The fourth-order valence-electron chi connectivity index (χ4n) is 2.57. The number of nitrogens with zero attached hydrogens (tertiary/aromatic N) is 1. The van der Waals surface area contributed by atoms with Crippen molar-refractivity contribution >= 4 is 23.8 Å². The molecule has 108 valence electrons. The summed E-state index contributed by atoms with van der Waals surface area (Å²) >= 11 is 1.55. The molecule has 0 radical (unpaired) electrons. The van der Waals surface area contributed by atoms with Crippen LogP contribution in [0.2, 0.25) is 0 Å². The van der Waals surface area contributed by atoms with Gasteiger partial charge in [0, 0.05) is 18.1 Å². The van der Waals surface area contributed by atoms with E-state index in [4.69, 9.17) is 5.11 Å². The van der Waals surface area contributed by atoms with Gasteiger partial charge in [-0.25, -0.2) is 9.59 Å². The number of carbonyl (C=O) groups is 2. The minimum absolute atomic E-state index is 0.245. The summed E-state index contributed by atoms with van der Waals surface area (Å²) in [5.74, 6) is 0.215. The molecule has 0 bridgehead atoms. The topological polar surface area (TPSA) is 89.9 Å². The summed E-state index contributed by atoms with van der Waals surface area (Å²) < 4.78 is 0. The van der Waals surface area contributed by atoms with Crippen molar-refractivity contribution in [3.8, 4) is 0 Å². The monoisotopic (exact) mass is 288 g/mol. The lowest BCUT2D eigenvalue weighted by Gasteiger charge is -2.35. The Kier molecular flexibility index (Phi) is 4.93. The van der Waals surface area contributed by atoms with Gasteiger partial charge in [-0.1, -0.05) is 12.8 Å². The number of carboxylic acids is 1. The molecule has 1 heterocycles. The highest BCUT2D eigenvalue weighted by Crippen LogP contribution is 2.20. The van der Waals surface area contributed by atoms with Crippen LogP contribution >= 0.6 is 11.8 Å². The van der Waals surface area contributed by atoms with E-state index in [9.17, 15) is 14.7 Å². The van der Waals surface area contributed by atoms with E-state index in [1.807, 2.05) is 0 Å². The van der Waals surface area contributed by atoms with Gasteiger partial charge in [-0.05, 0) is 12.8 Å². The number of aliphatic carboxylic acids is 1. The van der Waals surface area contributed by atoms with Crippen LogP contribution in [0.4, 0.5) is 4.79 Å². The van der Waals surface area contributed by atoms with Crippen LogP contribution in [0.15, 0.2) is 0 Å². The first-order valence-corrected chi connectivity index (χ1v) is 7.81. The number of aliphatic hydroxyl groups excluding tert-OH is 1. The fourth-order valence-corrected chi connectivity index (χ4v) is 3.61. The third-order valence-electron chi connectivity index (χ3n) is 3.71. The lowest BCUT2D eigenvalue weighted by Crippen LogP contribution is -2.57. The Balaban J connectivity index is 1.95. The van der Waals surface area contributed by atoms with Gasteiger partial charge in [0.2, 0.25) is 0 Å². The Labute approximate surface area is 116 Å². The smallest absolute Gasteiger partial charge is 0.327 e. The molecule has 2 fully saturated rings. The summed E-state index contributed by atoms with van der Waals surface area (Å²) in [7, 11) is 0. The minimum atomic E-state index is -0.966. The van der Waals surface area contributed by atoms with Gasteiger partial charge in [0.05, 0.1) is 12.1 Å². The lowest BCUT2D eigenvalue weighted by molar-refractivity contribution is -0.141. The molecule has 1 saturated carbocycles. The average molecular weight is 288 g/mol. The minimum Gasteiger partial charge on any atom is -0.480 e. The van der Waals surface area contributed by atoms with Gasteiger partial charge >= 0.3 is 12.0 Å². The highest BCUT2D eigenvalue weighted by Gasteiger charge is 2.34. The third-order valence-corrected chi connectivity index (χ3v) is 4.74. The molecule has 3 unspecified atom stereocenters. The van der Waals surface area contributed by atoms with Crippen LogP contribution in [0.25, 0.3) is 0 Å². The van der Waals surface area contributed by atoms with E-state index >= 15 is 0 Å². The van der Waals surface area contributed by atoms with Crippen molar-refractivity contribution in [3.63, 3.8) is 0 Å². The van der Waals surface area contributed by atoms with Crippen molar-refractivity contribution in [1.82, 2.24) is 10.2 Å². The van der Waals surface area contributed by atoms with Crippen molar-refractivity contribution in [2.45, 2.75) is 43.9 Å². The number of aliphatic hydroxyl groups is 1. The molecule has 19 heavy (non-hydrogen) atoms. The Morgan fingerprint density at radius 3 is 2.68 bits per heavy atom. The molecule has 1 aliphatic heterocycles. The van der Waals surface area contributed by atoms with E-state index in [-0.39, 0.29) is 12.1 Å². The number of hydrogen-bond acceptors (Lipinski definition) is 4. The number of urea groups is 1. The number of thioether (sulfide) groups is 1. The standard InChI is InChI=1S/C12H20N2O4S/c15-10-4-2-1-3-8(10)13-12(18)14-5-6-19-7-9(14)11(16)17/h8-10,15H,1-7H2,(H,13,18)(H,16,17). The first-order valence-electron chi connectivity index (χ1n) is 6.65. The van der Waals surface area contributed by atoms with Crippen molar-refractivity contribution in [3.05, 3.63) is 0 Å². The van der Waals surface area contributed by atoms with Crippen LogP contribution in [-0.4, -0.2) is 63.4 Å². The maximum Gasteiger partial charge on any atom is 0.327 e. The summed E-state index contributed by atoms with van der Waals surface area (Å²) in [5, 5.41) is 21.8. The van der Waals surface area contributed by atoms with Gasteiger partial charge in [-0.15, -0.1) is 0 Å². The number of amides is 2.